The highest BCUT2D eigenvalue weighted by atomic mass is 16.6. The third-order valence-corrected chi connectivity index (χ3v) is 2.27. The van der Waals surface area contributed by atoms with E-state index in [1.807, 2.05) is 0 Å². The number of imide groups is 1. The standard InChI is InChI=1S/C11H18N2O4/c1-5-7-9(15)12-8(14)6-13(7)10(16)17-11(2,3)4/h7H,5-6H2,1-4H3,(H,12,14,15). The molecule has 1 aliphatic rings. The number of ether oxygens (including phenoxy) is 1. The molecule has 1 fully saturated rings. The number of carbonyl (C=O) groups is 3. The molecule has 17 heavy (non-hydrogen) atoms. The van der Waals surface area contributed by atoms with Crippen molar-refractivity contribution in [3.8, 4) is 0 Å². The smallest absolute Gasteiger partial charge is 0.411 e. The predicted molar refractivity (Wildman–Crippen MR) is 60.2 cm³/mol. The van der Waals surface area contributed by atoms with Gasteiger partial charge < -0.3 is 4.74 Å². The number of rotatable bonds is 1. The van der Waals surface area contributed by atoms with Crippen molar-refractivity contribution in [2.45, 2.75) is 45.8 Å². The Bertz CT molecular complexity index is 346. The molecule has 0 radical (unpaired) electrons. The monoisotopic (exact) mass is 242 g/mol. The van der Waals surface area contributed by atoms with E-state index in [-0.39, 0.29) is 6.54 Å². The molecule has 0 bridgehead atoms. The Kier molecular flexibility index (Phi) is 3.75. The topological polar surface area (TPSA) is 75.7 Å². The molecule has 1 unspecified atom stereocenters. The van der Waals surface area contributed by atoms with Crippen molar-refractivity contribution >= 4 is 17.9 Å². The maximum Gasteiger partial charge on any atom is 0.411 e. The van der Waals surface area contributed by atoms with Crippen molar-refractivity contribution < 1.29 is 19.1 Å². The SMILES string of the molecule is CCC1C(=O)NC(=O)CN1C(=O)OC(C)(C)C. The summed E-state index contributed by atoms with van der Waals surface area (Å²) in [6.45, 7) is 6.84. The second-order valence-corrected chi connectivity index (χ2v) is 4.94. The van der Waals surface area contributed by atoms with Crippen LogP contribution in [0, 0.1) is 0 Å². The lowest BCUT2D eigenvalue weighted by atomic mass is 10.1. The van der Waals surface area contributed by atoms with Gasteiger partial charge in [-0.2, -0.15) is 0 Å². The minimum absolute atomic E-state index is 0.140. The molecular weight excluding hydrogens is 224 g/mol. The Balaban J connectivity index is 2.81. The summed E-state index contributed by atoms with van der Waals surface area (Å²) in [5.41, 5.74) is -0.646. The first kappa shape index (κ1) is 13.5. The lowest BCUT2D eigenvalue weighted by Gasteiger charge is -2.34. The van der Waals surface area contributed by atoms with E-state index in [1.165, 1.54) is 4.90 Å². The van der Waals surface area contributed by atoms with Crippen LogP contribution >= 0.6 is 0 Å². The summed E-state index contributed by atoms with van der Waals surface area (Å²) < 4.78 is 5.16. The molecular formula is C11H18N2O4. The molecule has 6 heteroatoms. The molecule has 0 saturated carbocycles. The highest BCUT2D eigenvalue weighted by Crippen LogP contribution is 2.15. The summed E-state index contributed by atoms with van der Waals surface area (Å²) in [5, 5.41) is 2.20. The van der Waals surface area contributed by atoms with E-state index in [0.717, 1.165) is 0 Å². The number of nitrogens with one attached hydrogen (secondary N) is 1. The van der Waals surface area contributed by atoms with Crippen LogP contribution in [0.1, 0.15) is 34.1 Å². The molecule has 1 rings (SSSR count). The average Bonchev–Trinajstić information content (AvgIpc) is 2.13. The third kappa shape index (κ3) is 3.44. The van der Waals surface area contributed by atoms with E-state index in [0.29, 0.717) is 6.42 Å². The Labute approximate surface area is 100 Å². The number of hydrogen-bond donors (Lipinski definition) is 1. The molecule has 0 aromatic rings. The second kappa shape index (κ2) is 4.73. The summed E-state index contributed by atoms with van der Waals surface area (Å²) in [4.78, 5) is 35.8. The van der Waals surface area contributed by atoms with Gasteiger partial charge in [-0.05, 0) is 27.2 Å². The molecule has 1 N–H and O–H groups in total. The van der Waals surface area contributed by atoms with Crippen molar-refractivity contribution in [2.24, 2.45) is 0 Å². The van der Waals surface area contributed by atoms with Gasteiger partial charge in [0.25, 0.3) is 0 Å². The van der Waals surface area contributed by atoms with Crippen LogP contribution in [0.15, 0.2) is 0 Å². The van der Waals surface area contributed by atoms with E-state index in [4.69, 9.17) is 4.74 Å². The average molecular weight is 242 g/mol. The lowest BCUT2D eigenvalue weighted by molar-refractivity contribution is -0.139. The summed E-state index contributed by atoms with van der Waals surface area (Å²) in [5.74, 6) is -0.930. The van der Waals surface area contributed by atoms with E-state index in [1.54, 1.807) is 27.7 Å². The molecule has 1 atom stereocenters. The van der Waals surface area contributed by atoms with Crippen LogP contribution in [0.3, 0.4) is 0 Å². The van der Waals surface area contributed by atoms with Gasteiger partial charge in [0.15, 0.2) is 0 Å². The Morgan fingerprint density at radius 2 is 2.06 bits per heavy atom. The van der Waals surface area contributed by atoms with Gasteiger partial charge in [-0.1, -0.05) is 6.92 Å². The van der Waals surface area contributed by atoms with Gasteiger partial charge in [0.1, 0.15) is 18.2 Å². The van der Waals surface area contributed by atoms with Crippen molar-refractivity contribution in [2.75, 3.05) is 6.54 Å². The minimum atomic E-state index is -0.646. The number of nitrogens with zero attached hydrogens (tertiary/aromatic N) is 1. The van der Waals surface area contributed by atoms with Gasteiger partial charge in [0.2, 0.25) is 11.8 Å². The first-order chi connectivity index (χ1) is 7.74. The number of piperazine rings is 1. The first-order valence-electron chi connectivity index (χ1n) is 5.58. The fourth-order valence-corrected chi connectivity index (χ4v) is 1.58. The van der Waals surface area contributed by atoms with Crippen LogP contribution in [0.25, 0.3) is 0 Å². The number of carbonyl (C=O) groups excluding carboxylic acids is 3. The van der Waals surface area contributed by atoms with Crippen LogP contribution in [0.5, 0.6) is 0 Å². The molecule has 1 saturated heterocycles. The van der Waals surface area contributed by atoms with Gasteiger partial charge >= 0.3 is 6.09 Å². The zero-order valence-electron chi connectivity index (χ0n) is 10.6. The van der Waals surface area contributed by atoms with Crippen molar-refractivity contribution in [3.63, 3.8) is 0 Å². The molecule has 0 aromatic heterocycles. The van der Waals surface area contributed by atoms with Crippen LogP contribution in [-0.4, -0.2) is 41.0 Å². The third-order valence-electron chi connectivity index (χ3n) is 2.27. The zero-order chi connectivity index (χ0) is 13.2. The molecule has 0 aromatic carbocycles. The lowest BCUT2D eigenvalue weighted by Crippen LogP contribution is -2.60. The quantitative estimate of drug-likeness (QED) is 0.685. The summed E-state index contributed by atoms with van der Waals surface area (Å²) >= 11 is 0. The van der Waals surface area contributed by atoms with E-state index in [9.17, 15) is 14.4 Å². The van der Waals surface area contributed by atoms with Crippen LogP contribution in [-0.2, 0) is 14.3 Å². The Morgan fingerprint density at radius 3 is 2.53 bits per heavy atom. The van der Waals surface area contributed by atoms with E-state index < -0.39 is 29.6 Å². The second-order valence-electron chi connectivity index (χ2n) is 4.94. The maximum absolute atomic E-state index is 11.8. The van der Waals surface area contributed by atoms with Crippen LogP contribution in [0.4, 0.5) is 4.79 Å². The van der Waals surface area contributed by atoms with Gasteiger partial charge in [0.05, 0.1) is 0 Å². The first-order valence-corrected chi connectivity index (χ1v) is 5.58. The summed E-state index contributed by atoms with van der Waals surface area (Å²) in [6, 6.07) is -0.637. The fourth-order valence-electron chi connectivity index (χ4n) is 1.58. The van der Waals surface area contributed by atoms with Gasteiger partial charge in [-0.25, -0.2) is 4.79 Å². The van der Waals surface area contributed by atoms with Crippen molar-refractivity contribution in [1.29, 1.82) is 0 Å². The van der Waals surface area contributed by atoms with E-state index >= 15 is 0 Å². The van der Waals surface area contributed by atoms with Crippen LogP contribution in [0.2, 0.25) is 0 Å². The normalized spacial score (nSPS) is 21.2. The molecule has 0 aliphatic carbocycles. The molecule has 3 amide bonds. The van der Waals surface area contributed by atoms with Crippen molar-refractivity contribution in [3.05, 3.63) is 0 Å². The molecule has 96 valence electrons. The molecule has 6 nitrogen and oxygen atoms in total. The highest BCUT2D eigenvalue weighted by Gasteiger charge is 2.37. The Hall–Kier alpha value is -1.59. The minimum Gasteiger partial charge on any atom is -0.444 e. The zero-order valence-corrected chi connectivity index (χ0v) is 10.6. The predicted octanol–water partition coefficient (Wildman–Crippen LogP) is 0.658. The van der Waals surface area contributed by atoms with E-state index in [2.05, 4.69) is 5.32 Å². The van der Waals surface area contributed by atoms with Crippen LogP contribution < -0.4 is 5.32 Å². The number of amides is 3. The van der Waals surface area contributed by atoms with Gasteiger partial charge in [-0.15, -0.1) is 0 Å². The summed E-state index contributed by atoms with van der Waals surface area (Å²) in [7, 11) is 0. The molecule has 1 aliphatic heterocycles. The van der Waals surface area contributed by atoms with Gasteiger partial charge in [0, 0.05) is 0 Å². The number of hydrogen-bond acceptors (Lipinski definition) is 4. The maximum atomic E-state index is 11.8. The Morgan fingerprint density at radius 1 is 1.47 bits per heavy atom. The van der Waals surface area contributed by atoms with Crippen molar-refractivity contribution in [1.82, 2.24) is 10.2 Å². The summed E-state index contributed by atoms with van der Waals surface area (Å²) in [6.07, 6.45) is -0.189. The molecule has 0 spiro atoms. The fraction of sp³-hybridized carbons (Fsp3) is 0.727. The molecule has 1 heterocycles. The largest absolute Gasteiger partial charge is 0.444 e. The van der Waals surface area contributed by atoms with Gasteiger partial charge in [-0.3, -0.25) is 19.8 Å². The highest BCUT2D eigenvalue weighted by molar-refractivity contribution is 6.03.